The first-order valence-electron chi connectivity index (χ1n) is 10.3. The van der Waals surface area contributed by atoms with E-state index in [4.69, 9.17) is 4.98 Å². The molecule has 0 aliphatic carbocycles. The van der Waals surface area contributed by atoms with Gasteiger partial charge in [-0.1, -0.05) is 12.1 Å². The van der Waals surface area contributed by atoms with Crippen LogP contribution in [0.1, 0.15) is 46.2 Å². The third-order valence-electron chi connectivity index (χ3n) is 5.65. The normalized spacial score (nSPS) is 17.0. The van der Waals surface area contributed by atoms with Crippen LogP contribution in [0, 0.1) is 6.92 Å². The Labute approximate surface area is 171 Å². The van der Waals surface area contributed by atoms with Gasteiger partial charge in [0, 0.05) is 62.2 Å². The Morgan fingerprint density at radius 1 is 0.828 bits per heavy atom. The molecule has 1 amide bonds. The van der Waals surface area contributed by atoms with Crippen molar-refractivity contribution in [3.63, 3.8) is 0 Å². The molecule has 29 heavy (non-hydrogen) atoms. The molecule has 0 radical (unpaired) electrons. The number of carbonyl (C=O) groups is 2. The molecule has 2 aliphatic rings. The number of amides is 1. The summed E-state index contributed by atoms with van der Waals surface area (Å²) < 4.78 is 0. The van der Waals surface area contributed by atoms with Crippen molar-refractivity contribution in [1.29, 1.82) is 0 Å². The minimum Gasteiger partial charge on any atom is -0.353 e. The monoisotopic (exact) mass is 393 g/mol. The maximum absolute atomic E-state index is 12.8. The van der Waals surface area contributed by atoms with Gasteiger partial charge in [-0.25, -0.2) is 4.98 Å². The fourth-order valence-electron chi connectivity index (χ4n) is 3.93. The first kappa shape index (κ1) is 19.4. The summed E-state index contributed by atoms with van der Waals surface area (Å²) in [5.74, 6) is 1.78. The molecule has 0 saturated carbocycles. The molecule has 3 heterocycles. The van der Waals surface area contributed by atoms with Crippen molar-refractivity contribution in [2.75, 3.05) is 49.1 Å². The molecule has 2 aliphatic heterocycles. The zero-order valence-corrected chi connectivity index (χ0v) is 17.1. The van der Waals surface area contributed by atoms with Crippen molar-refractivity contribution < 1.29 is 9.59 Å². The number of ketones is 1. The van der Waals surface area contributed by atoms with E-state index >= 15 is 0 Å². The highest BCUT2D eigenvalue weighted by atomic mass is 16.2. The zero-order chi connectivity index (χ0) is 20.4. The van der Waals surface area contributed by atoms with Crippen molar-refractivity contribution in [3.8, 4) is 0 Å². The summed E-state index contributed by atoms with van der Waals surface area (Å²) in [6.07, 6.45) is 2.39. The minimum absolute atomic E-state index is 0.00561. The third-order valence-corrected chi connectivity index (χ3v) is 5.65. The standard InChI is InChI=1S/C22H27N5O2/c1-16-15-20(24-22(23-16)27-9-3-4-10-27)25-11-13-26(14-12-25)21(29)19-7-5-18(6-8-19)17(2)28/h5-8,15H,3-4,9-14H2,1-2H3. The van der Waals surface area contributed by atoms with Gasteiger partial charge in [-0.3, -0.25) is 9.59 Å². The molecule has 4 rings (SSSR count). The lowest BCUT2D eigenvalue weighted by Crippen LogP contribution is -2.49. The number of Topliss-reactive ketones (excluding diaryl/α,β-unsaturated/α-hetero) is 1. The van der Waals surface area contributed by atoms with Crippen molar-refractivity contribution in [2.24, 2.45) is 0 Å². The number of nitrogens with zero attached hydrogens (tertiary/aromatic N) is 5. The molecule has 1 aromatic heterocycles. The van der Waals surface area contributed by atoms with Crippen molar-refractivity contribution >= 4 is 23.5 Å². The van der Waals surface area contributed by atoms with Gasteiger partial charge in [0.1, 0.15) is 5.82 Å². The molecule has 2 fully saturated rings. The highest BCUT2D eigenvalue weighted by molar-refractivity contribution is 5.97. The van der Waals surface area contributed by atoms with Crippen LogP contribution in [0.15, 0.2) is 30.3 Å². The van der Waals surface area contributed by atoms with Gasteiger partial charge < -0.3 is 14.7 Å². The van der Waals surface area contributed by atoms with Crippen LogP contribution < -0.4 is 9.80 Å². The predicted octanol–water partition coefficient (Wildman–Crippen LogP) is 2.55. The van der Waals surface area contributed by atoms with Crippen LogP contribution in [-0.2, 0) is 0 Å². The van der Waals surface area contributed by atoms with Crippen LogP contribution in [0.5, 0.6) is 0 Å². The van der Waals surface area contributed by atoms with E-state index in [1.54, 1.807) is 24.3 Å². The van der Waals surface area contributed by atoms with Crippen molar-refractivity contribution in [1.82, 2.24) is 14.9 Å². The first-order valence-corrected chi connectivity index (χ1v) is 10.3. The number of rotatable bonds is 4. The molecule has 0 spiro atoms. The Morgan fingerprint density at radius 2 is 1.45 bits per heavy atom. The molecule has 0 bridgehead atoms. The fraction of sp³-hybridized carbons (Fsp3) is 0.455. The van der Waals surface area contributed by atoms with Crippen LogP contribution in [0.3, 0.4) is 0 Å². The molecule has 0 atom stereocenters. The smallest absolute Gasteiger partial charge is 0.253 e. The fourth-order valence-corrected chi connectivity index (χ4v) is 3.93. The molecule has 1 aromatic carbocycles. The van der Waals surface area contributed by atoms with Gasteiger partial charge in [0.25, 0.3) is 5.91 Å². The van der Waals surface area contributed by atoms with E-state index in [0.717, 1.165) is 43.6 Å². The minimum atomic E-state index is 0.00561. The van der Waals surface area contributed by atoms with E-state index in [9.17, 15) is 9.59 Å². The Morgan fingerprint density at radius 3 is 2.07 bits per heavy atom. The van der Waals surface area contributed by atoms with Gasteiger partial charge in [-0.2, -0.15) is 4.98 Å². The SMILES string of the molecule is CC(=O)c1ccc(C(=O)N2CCN(c3cc(C)nc(N4CCCC4)n3)CC2)cc1. The zero-order valence-electron chi connectivity index (χ0n) is 17.1. The molecule has 152 valence electrons. The summed E-state index contributed by atoms with van der Waals surface area (Å²) in [5, 5.41) is 0. The number of hydrogen-bond donors (Lipinski definition) is 0. The van der Waals surface area contributed by atoms with Gasteiger partial charge in [-0.05, 0) is 38.8 Å². The highest BCUT2D eigenvalue weighted by Gasteiger charge is 2.24. The molecular formula is C22H27N5O2. The number of carbonyl (C=O) groups excluding carboxylic acids is 2. The quantitative estimate of drug-likeness (QED) is 0.744. The van der Waals surface area contributed by atoms with Crippen molar-refractivity contribution in [3.05, 3.63) is 47.2 Å². The average Bonchev–Trinajstić information content (AvgIpc) is 3.28. The van der Waals surface area contributed by atoms with E-state index in [-0.39, 0.29) is 11.7 Å². The lowest BCUT2D eigenvalue weighted by molar-refractivity contribution is 0.0746. The first-order chi connectivity index (χ1) is 14.0. The van der Waals surface area contributed by atoms with Crippen LogP contribution >= 0.6 is 0 Å². The summed E-state index contributed by atoms with van der Waals surface area (Å²) in [6.45, 7) is 8.36. The molecule has 7 nitrogen and oxygen atoms in total. The van der Waals surface area contributed by atoms with Gasteiger partial charge in [0.2, 0.25) is 5.95 Å². The second-order valence-corrected chi connectivity index (χ2v) is 7.77. The summed E-state index contributed by atoms with van der Waals surface area (Å²) in [6, 6.07) is 8.94. The van der Waals surface area contributed by atoms with Crippen LogP contribution in [-0.4, -0.2) is 65.8 Å². The average molecular weight is 393 g/mol. The van der Waals surface area contributed by atoms with Gasteiger partial charge in [0.15, 0.2) is 5.78 Å². The molecule has 2 aromatic rings. The van der Waals surface area contributed by atoms with Crippen LogP contribution in [0.4, 0.5) is 11.8 Å². The Bertz CT molecular complexity index is 898. The topological polar surface area (TPSA) is 69.6 Å². The second-order valence-electron chi connectivity index (χ2n) is 7.77. The van der Waals surface area contributed by atoms with Gasteiger partial charge in [-0.15, -0.1) is 0 Å². The number of piperazine rings is 1. The second kappa shape index (κ2) is 8.19. The van der Waals surface area contributed by atoms with E-state index < -0.39 is 0 Å². The summed E-state index contributed by atoms with van der Waals surface area (Å²) in [7, 11) is 0. The molecule has 0 N–H and O–H groups in total. The Balaban J connectivity index is 1.41. The Kier molecular flexibility index (Phi) is 5.47. The maximum atomic E-state index is 12.8. The predicted molar refractivity (Wildman–Crippen MR) is 113 cm³/mol. The number of hydrogen-bond acceptors (Lipinski definition) is 6. The molecule has 2 saturated heterocycles. The van der Waals surface area contributed by atoms with E-state index in [1.807, 2.05) is 17.9 Å². The van der Waals surface area contributed by atoms with Crippen LogP contribution in [0.2, 0.25) is 0 Å². The lowest BCUT2D eigenvalue weighted by atomic mass is 10.1. The highest BCUT2D eigenvalue weighted by Crippen LogP contribution is 2.22. The Hall–Kier alpha value is -2.96. The van der Waals surface area contributed by atoms with E-state index in [2.05, 4.69) is 14.8 Å². The van der Waals surface area contributed by atoms with Crippen molar-refractivity contribution in [2.45, 2.75) is 26.7 Å². The largest absolute Gasteiger partial charge is 0.353 e. The maximum Gasteiger partial charge on any atom is 0.253 e. The van der Waals surface area contributed by atoms with Gasteiger partial charge in [0.05, 0.1) is 0 Å². The van der Waals surface area contributed by atoms with E-state index in [0.29, 0.717) is 24.2 Å². The number of anilines is 2. The van der Waals surface area contributed by atoms with Gasteiger partial charge >= 0.3 is 0 Å². The summed E-state index contributed by atoms with van der Waals surface area (Å²) >= 11 is 0. The lowest BCUT2D eigenvalue weighted by Gasteiger charge is -2.35. The number of aryl methyl sites for hydroxylation is 1. The number of benzene rings is 1. The molecular weight excluding hydrogens is 366 g/mol. The number of aromatic nitrogens is 2. The molecule has 0 unspecified atom stereocenters. The summed E-state index contributed by atoms with van der Waals surface area (Å²) in [5.41, 5.74) is 2.22. The van der Waals surface area contributed by atoms with E-state index in [1.165, 1.54) is 19.8 Å². The summed E-state index contributed by atoms with van der Waals surface area (Å²) in [4.78, 5) is 40.0. The molecule has 7 heteroatoms. The third kappa shape index (κ3) is 4.23. The van der Waals surface area contributed by atoms with Crippen LogP contribution in [0.25, 0.3) is 0 Å².